The number of nitrogens with zero attached hydrogens (tertiary/aromatic N) is 9. The number of amides is 5. The molecule has 5 amide bonds. The fraction of sp³-hybridized carbons (Fsp3) is 0.607. The van der Waals surface area contributed by atoms with Crippen LogP contribution >= 0.6 is 0 Å². The standard InChI is InChI=1S/C56H69N11O5/c1-33(2)66-32-58-46-29-45(60-51(50(46)66)59-38-8-9-38)35-6-11-44-47(25-35)67(41-26-39(27-41)62-18-4-3-5-19-62)55(72)56(44)16-22-64(23-17-56)54(71)43-28-40-24-37(43)31-65(40)53(70)34-14-20-63(21-15-34)48-12-7-36(30-57-48)42-10-13-49(68)61-52(42)69/h6-7,11-12,25,29-30,32-34,37-43H,3-5,8-10,13-24,26-28,31H2,1-2H3,(H,59,60)(H,61,68,69)/t37-,39?,40-,41?,42+,43+/m0/s1. The molecule has 3 aromatic heterocycles. The molecule has 2 N–H and O–H groups in total. The third kappa shape index (κ3) is 7.87. The highest BCUT2D eigenvalue weighted by atomic mass is 16.2. The van der Waals surface area contributed by atoms with E-state index < -0.39 is 5.41 Å². The van der Waals surface area contributed by atoms with Crippen LogP contribution in [0, 0.1) is 17.8 Å². The van der Waals surface area contributed by atoms with E-state index in [0.717, 1.165) is 122 Å². The SMILES string of the molecule is CC(C)n1cnc2cc(-c3ccc4c(c3)N(C3CC(N5CCCCC5)C3)C(=O)C43CCN(C(=O)[C@@H]4C[C@@H]5C[C@H]4CN5C(=O)C4CCN(c5ccc([C@H]6CCC(=O)NC6=O)cn5)CC4)CC3)nc(NC3CC3)c21. The van der Waals surface area contributed by atoms with Gasteiger partial charge in [-0.25, -0.2) is 15.0 Å². The number of rotatable bonds is 10. The number of hydrogen-bond donors (Lipinski definition) is 2. The van der Waals surface area contributed by atoms with Crippen molar-refractivity contribution in [2.24, 2.45) is 17.8 Å². The summed E-state index contributed by atoms with van der Waals surface area (Å²) in [7, 11) is 0. The van der Waals surface area contributed by atoms with Gasteiger partial charge in [-0.05, 0) is 146 Å². The lowest BCUT2D eigenvalue weighted by Gasteiger charge is -2.48. The quantitative estimate of drug-likeness (QED) is 0.166. The van der Waals surface area contributed by atoms with Crippen LogP contribution in [-0.4, -0.2) is 134 Å². The number of imide groups is 1. The molecule has 6 aliphatic heterocycles. The Labute approximate surface area is 421 Å². The van der Waals surface area contributed by atoms with Gasteiger partial charge in [0.25, 0.3) is 0 Å². The van der Waals surface area contributed by atoms with E-state index in [1.165, 1.54) is 19.3 Å². The minimum atomic E-state index is -0.671. The number of anilines is 3. The summed E-state index contributed by atoms with van der Waals surface area (Å²) in [5, 5.41) is 6.14. The summed E-state index contributed by atoms with van der Waals surface area (Å²) in [4.78, 5) is 93.9. The number of imidazole rings is 1. The minimum absolute atomic E-state index is 0.0508. The van der Waals surface area contributed by atoms with Crippen molar-refractivity contribution in [1.82, 2.24) is 39.5 Å². The van der Waals surface area contributed by atoms with Gasteiger partial charge in [0.1, 0.15) is 11.3 Å². The Kier molecular flexibility index (Phi) is 11.4. The van der Waals surface area contributed by atoms with Crippen LogP contribution < -0.4 is 20.4 Å². The number of nitrogens with one attached hydrogen (secondary N) is 2. The van der Waals surface area contributed by atoms with Gasteiger partial charge in [0.15, 0.2) is 5.82 Å². The van der Waals surface area contributed by atoms with Crippen LogP contribution in [0.2, 0.25) is 0 Å². The molecule has 72 heavy (non-hydrogen) atoms. The second-order valence-electron chi connectivity index (χ2n) is 23.3. The van der Waals surface area contributed by atoms with Crippen LogP contribution in [0.4, 0.5) is 17.3 Å². The normalized spacial score (nSPS) is 28.6. The van der Waals surface area contributed by atoms with Gasteiger partial charge >= 0.3 is 0 Å². The van der Waals surface area contributed by atoms with Crippen molar-refractivity contribution in [2.45, 2.75) is 152 Å². The summed E-state index contributed by atoms with van der Waals surface area (Å²) < 4.78 is 2.20. The van der Waals surface area contributed by atoms with Crippen LogP contribution in [0.5, 0.6) is 0 Å². The smallest absolute Gasteiger partial charge is 0.238 e. The number of fused-ring (bicyclic) bond motifs is 5. The fourth-order valence-corrected chi connectivity index (χ4v) is 14.3. The Bertz CT molecular complexity index is 2810. The summed E-state index contributed by atoms with van der Waals surface area (Å²) in [6, 6.07) is 14.0. The van der Waals surface area contributed by atoms with Gasteiger partial charge in [0.2, 0.25) is 29.5 Å². The van der Waals surface area contributed by atoms with Crippen molar-refractivity contribution in [3.8, 4) is 11.3 Å². The van der Waals surface area contributed by atoms with E-state index >= 15 is 4.79 Å². The molecule has 1 spiro atoms. The fourth-order valence-electron chi connectivity index (χ4n) is 14.3. The number of piperidine rings is 5. The molecule has 16 nitrogen and oxygen atoms in total. The summed E-state index contributed by atoms with van der Waals surface area (Å²) in [6.07, 6.45) is 16.9. The molecule has 9 aliphatic rings. The first-order valence-corrected chi connectivity index (χ1v) is 27.5. The summed E-state index contributed by atoms with van der Waals surface area (Å²) in [5.74, 6) is 1.51. The van der Waals surface area contributed by atoms with E-state index in [-0.39, 0.29) is 71.3 Å². The van der Waals surface area contributed by atoms with Crippen LogP contribution in [0.1, 0.15) is 133 Å². The highest BCUT2D eigenvalue weighted by Crippen LogP contribution is 2.53. The molecule has 13 rings (SSSR count). The van der Waals surface area contributed by atoms with E-state index in [1.54, 1.807) is 6.20 Å². The molecule has 5 saturated heterocycles. The molecule has 3 saturated carbocycles. The largest absolute Gasteiger partial charge is 0.366 e. The molecule has 378 valence electrons. The third-order valence-electron chi connectivity index (χ3n) is 18.7. The Hall–Kier alpha value is -5.90. The van der Waals surface area contributed by atoms with Gasteiger partial charge in [-0.1, -0.05) is 24.6 Å². The minimum Gasteiger partial charge on any atom is -0.366 e. The van der Waals surface area contributed by atoms with Crippen molar-refractivity contribution in [3.05, 3.63) is 60.0 Å². The molecule has 1 aromatic carbocycles. The predicted octanol–water partition coefficient (Wildman–Crippen LogP) is 6.55. The van der Waals surface area contributed by atoms with Gasteiger partial charge in [-0.3, -0.25) is 29.3 Å². The van der Waals surface area contributed by atoms with E-state index in [9.17, 15) is 19.2 Å². The molecule has 2 bridgehead atoms. The first-order valence-electron chi connectivity index (χ1n) is 27.5. The van der Waals surface area contributed by atoms with Crippen molar-refractivity contribution in [1.29, 1.82) is 0 Å². The number of benzene rings is 1. The van der Waals surface area contributed by atoms with E-state index in [2.05, 4.69) is 77.9 Å². The Morgan fingerprint density at radius 3 is 2.29 bits per heavy atom. The number of carbonyl (C=O) groups is 5. The average Bonchev–Trinajstić information content (AvgIpc) is 3.65. The number of pyridine rings is 2. The topological polar surface area (TPSA) is 169 Å². The van der Waals surface area contributed by atoms with Gasteiger partial charge < -0.3 is 34.4 Å². The summed E-state index contributed by atoms with van der Waals surface area (Å²) in [5.41, 5.74) is 6.07. The molecule has 9 heterocycles. The van der Waals surface area contributed by atoms with Crippen LogP contribution in [0.15, 0.2) is 48.9 Å². The van der Waals surface area contributed by atoms with Gasteiger partial charge in [0.05, 0.1) is 28.9 Å². The van der Waals surface area contributed by atoms with Crippen LogP contribution in [0.25, 0.3) is 22.3 Å². The molecule has 0 radical (unpaired) electrons. The van der Waals surface area contributed by atoms with Gasteiger partial charge in [0, 0.05) is 98.6 Å². The van der Waals surface area contributed by atoms with Crippen LogP contribution in [-0.2, 0) is 29.4 Å². The van der Waals surface area contributed by atoms with Crippen molar-refractivity contribution in [3.63, 3.8) is 0 Å². The van der Waals surface area contributed by atoms with E-state index in [1.807, 2.05) is 23.4 Å². The maximum Gasteiger partial charge on any atom is 0.238 e. The van der Waals surface area contributed by atoms with Crippen molar-refractivity contribution in [2.75, 3.05) is 60.9 Å². The number of likely N-dealkylation sites (tertiary alicyclic amines) is 3. The molecule has 3 aliphatic carbocycles. The zero-order chi connectivity index (χ0) is 49.0. The summed E-state index contributed by atoms with van der Waals surface area (Å²) in [6.45, 7) is 9.86. The molecule has 8 fully saturated rings. The molecule has 16 heteroatoms. The Morgan fingerprint density at radius 1 is 0.806 bits per heavy atom. The second kappa shape index (κ2) is 17.9. The zero-order valence-corrected chi connectivity index (χ0v) is 41.9. The maximum absolute atomic E-state index is 15.3. The second-order valence-corrected chi connectivity index (χ2v) is 23.3. The molecule has 4 atom stereocenters. The number of aromatic nitrogens is 4. The average molecular weight is 976 g/mol. The maximum atomic E-state index is 15.3. The molecule has 4 aromatic rings. The van der Waals surface area contributed by atoms with E-state index in [4.69, 9.17) is 9.97 Å². The zero-order valence-electron chi connectivity index (χ0n) is 41.9. The van der Waals surface area contributed by atoms with Crippen molar-refractivity contribution >= 4 is 57.9 Å². The monoisotopic (exact) mass is 976 g/mol. The lowest BCUT2D eigenvalue weighted by atomic mass is 9.73. The van der Waals surface area contributed by atoms with Crippen LogP contribution in [0.3, 0.4) is 0 Å². The molecular formula is C56H69N11O5. The van der Waals surface area contributed by atoms with Gasteiger partial charge in [-0.2, -0.15) is 0 Å². The molecular weight excluding hydrogens is 907 g/mol. The highest BCUT2D eigenvalue weighted by Gasteiger charge is 2.57. The lowest BCUT2D eigenvalue weighted by Crippen LogP contribution is -2.58. The number of carbonyl (C=O) groups excluding carboxylic acids is 5. The Morgan fingerprint density at radius 2 is 1.60 bits per heavy atom. The third-order valence-corrected chi connectivity index (χ3v) is 18.7. The lowest BCUT2D eigenvalue weighted by molar-refractivity contribution is -0.145. The van der Waals surface area contributed by atoms with Crippen molar-refractivity contribution < 1.29 is 24.0 Å². The first kappa shape index (κ1) is 45.9. The van der Waals surface area contributed by atoms with Gasteiger partial charge in [-0.15, -0.1) is 0 Å². The summed E-state index contributed by atoms with van der Waals surface area (Å²) >= 11 is 0. The number of hydrogen-bond acceptors (Lipinski definition) is 11. The predicted molar refractivity (Wildman–Crippen MR) is 273 cm³/mol. The highest BCUT2D eigenvalue weighted by molar-refractivity contribution is 6.09. The molecule has 0 unspecified atom stereocenters. The Balaban J connectivity index is 0.672. The first-order chi connectivity index (χ1) is 35.0. The van der Waals surface area contributed by atoms with E-state index in [0.29, 0.717) is 63.8 Å².